The topological polar surface area (TPSA) is 99.9 Å². The molecule has 0 spiro atoms. The van der Waals surface area contributed by atoms with E-state index in [4.69, 9.17) is 10.00 Å². The molecule has 0 radical (unpaired) electrons. The number of ether oxygens (including phenoxy) is 1. The zero-order valence-corrected chi connectivity index (χ0v) is 14.4. The van der Waals surface area contributed by atoms with Gasteiger partial charge in [-0.05, 0) is 48.5 Å². The van der Waals surface area contributed by atoms with Crippen LogP contribution in [0.4, 0.5) is 17.3 Å². The first-order valence-corrected chi connectivity index (χ1v) is 8.30. The van der Waals surface area contributed by atoms with E-state index < -0.39 is 5.97 Å². The second-order valence-corrected chi connectivity index (χ2v) is 5.53. The summed E-state index contributed by atoms with van der Waals surface area (Å²) in [4.78, 5) is 20.3. The van der Waals surface area contributed by atoms with Crippen molar-refractivity contribution in [1.29, 1.82) is 5.26 Å². The molecule has 0 saturated carbocycles. The molecule has 1 aromatic heterocycles. The van der Waals surface area contributed by atoms with E-state index in [-0.39, 0.29) is 6.61 Å². The Balaban J connectivity index is 1.52. The summed E-state index contributed by atoms with van der Waals surface area (Å²) in [7, 11) is 0. The lowest BCUT2D eigenvalue weighted by molar-refractivity contribution is 0.0520. The van der Waals surface area contributed by atoms with E-state index >= 15 is 0 Å². The minimum atomic E-state index is -0.408. The van der Waals surface area contributed by atoms with Crippen LogP contribution < -0.4 is 10.6 Å². The molecule has 27 heavy (non-hydrogen) atoms. The first-order chi connectivity index (χ1) is 13.2. The van der Waals surface area contributed by atoms with Gasteiger partial charge in [0, 0.05) is 23.8 Å². The van der Waals surface area contributed by atoms with Crippen LogP contribution >= 0.6 is 0 Å². The van der Waals surface area contributed by atoms with Crippen molar-refractivity contribution in [3.8, 4) is 6.07 Å². The van der Waals surface area contributed by atoms with Gasteiger partial charge in [0.25, 0.3) is 0 Å². The van der Waals surface area contributed by atoms with Gasteiger partial charge in [0.1, 0.15) is 6.61 Å². The molecule has 0 unspecified atom stereocenters. The van der Waals surface area contributed by atoms with Crippen LogP contribution in [0.3, 0.4) is 0 Å². The molecule has 0 bridgehead atoms. The van der Waals surface area contributed by atoms with Crippen LogP contribution in [-0.4, -0.2) is 29.1 Å². The number of carbonyl (C=O) groups excluding carboxylic acids is 1. The number of hydrogen-bond donors (Lipinski definition) is 2. The maximum atomic E-state index is 12.2. The molecule has 0 aliphatic rings. The van der Waals surface area contributed by atoms with E-state index in [2.05, 4.69) is 26.7 Å². The summed E-state index contributed by atoms with van der Waals surface area (Å²) in [5, 5.41) is 15.0. The standard InChI is InChI=1S/C20H17N5O2/c21-14-15-5-7-17(8-6-15)25-18-4-1-3-16(13-18)19(26)27-12-11-24-20-22-9-2-10-23-20/h1-10,13,25H,11-12H2,(H,22,23,24). The molecular weight excluding hydrogens is 342 g/mol. The van der Waals surface area contributed by atoms with E-state index in [1.807, 2.05) is 6.07 Å². The fourth-order valence-electron chi connectivity index (χ4n) is 2.30. The van der Waals surface area contributed by atoms with E-state index in [1.165, 1.54) is 0 Å². The van der Waals surface area contributed by atoms with Crippen LogP contribution in [0.1, 0.15) is 15.9 Å². The van der Waals surface area contributed by atoms with Gasteiger partial charge in [-0.25, -0.2) is 14.8 Å². The minimum absolute atomic E-state index is 0.199. The first kappa shape index (κ1) is 17.9. The van der Waals surface area contributed by atoms with E-state index in [9.17, 15) is 4.79 Å². The van der Waals surface area contributed by atoms with Gasteiger partial charge >= 0.3 is 5.97 Å². The number of carbonyl (C=O) groups is 1. The number of nitriles is 1. The van der Waals surface area contributed by atoms with Gasteiger partial charge in [0.2, 0.25) is 5.95 Å². The molecule has 0 saturated heterocycles. The Kier molecular flexibility index (Phi) is 5.94. The Morgan fingerprint density at radius 3 is 2.56 bits per heavy atom. The molecule has 3 aromatic rings. The maximum absolute atomic E-state index is 12.2. The first-order valence-electron chi connectivity index (χ1n) is 8.30. The highest BCUT2D eigenvalue weighted by Crippen LogP contribution is 2.18. The van der Waals surface area contributed by atoms with Gasteiger partial charge in [-0.3, -0.25) is 0 Å². The molecule has 0 atom stereocenters. The third kappa shape index (κ3) is 5.28. The molecular formula is C20H17N5O2. The average molecular weight is 359 g/mol. The van der Waals surface area contributed by atoms with Crippen molar-refractivity contribution >= 4 is 23.3 Å². The number of aromatic nitrogens is 2. The normalized spacial score (nSPS) is 9.89. The zero-order chi connectivity index (χ0) is 18.9. The number of anilines is 3. The van der Waals surface area contributed by atoms with Crippen LogP contribution in [0.5, 0.6) is 0 Å². The van der Waals surface area contributed by atoms with Crippen molar-refractivity contribution in [3.05, 3.63) is 78.1 Å². The SMILES string of the molecule is N#Cc1ccc(Nc2cccc(C(=O)OCCNc3ncccn3)c2)cc1. The number of hydrogen-bond acceptors (Lipinski definition) is 7. The molecule has 7 heteroatoms. The van der Waals surface area contributed by atoms with Crippen molar-refractivity contribution < 1.29 is 9.53 Å². The summed E-state index contributed by atoms with van der Waals surface area (Å²) in [6, 6.07) is 17.9. The molecule has 0 aliphatic heterocycles. The second kappa shape index (κ2) is 8.97. The van der Waals surface area contributed by atoms with Crippen molar-refractivity contribution in [2.75, 3.05) is 23.8 Å². The minimum Gasteiger partial charge on any atom is -0.460 e. The predicted molar refractivity (Wildman–Crippen MR) is 102 cm³/mol. The van der Waals surface area contributed by atoms with E-state index in [0.29, 0.717) is 23.6 Å². The van der Waals surface area contributed by atoms with Gasteiger partial charge in [0.15, 0.2) is 0 Å². The van der Waals surface area contributed by atoms with Gasteiger partial charge in [0.05, 0.1) is 23.7 Å². The Labute approximate surface area is 156 Å². The highest BCUT2D eigenvalue weighted by Gasteiger charge is 2.08. The number of nitrogens with one attached hydrogen (secondary N) is 2. The van der Waals surface area contributed by atoms with Crippen molar-refractivity contribution in [2.24, 2.45) is 0 Å². The summed E-state index contributed by atoms with van der Waals surface area (Å²) < 4.78 is 5.26. The summed E-state index contributed by atoms with van der Waals surface area (Å²) in [5.74, 6) is 0.0800. The summed E-state index contributed by atoms with van der Waals surface area (Å²) in [6.45, 7) is 0.614. The second-order valence-electron chi connectivity index (χ2n) is 5.53. The number of benzene rings is 2. The highest BCUT2D eigenvalue weighted by atomic mass is 16.5. The molecule has 7 nitrogen and oxygen atoms in total. The number of rotatable bonds is 7. The third-order valence-corrected chi connectivity index (χ3v) is 3.59. The maximum Gasteiger partial charge on any atom is 0.338 e. The Morgan fingerprint density at radius 1 is 1.04 bits per heavy atom. The fraction of sp³-hybridized carbons (Fsp3) is 0.100. The van der Waals surface area contributed by atoms with Gasteiger partial charge in [-0.15, -0.1) is 0 Å². The van der Waals surface area contributed by atoms with E-state index in [0.717, 1.165) is 11.4 Å². The lowest BCUT2D eigenvalue weighted by atomic mass is 10.2. The molecule has 1 heterocycles. The van der Waals surface area contributed by atoms with Gasteiger partial charge in [-0.1, -0.05) is 6.07 Å². The third-order valence-electron chi connectivity index (χ3n) is 3.59. The predicted octanol–water partition coefficient (Wildman–Crippen LogP) is 3.36. The molecule has 2 aromatic carbocycles. The summed E-state index contributed by atoms with van der Waals surface area (Å²) >= 11 is 0. The van der Waals surface area contributed by atoms with Crippen LogP contribution in [0, 0.1) is 11.3 Å². The van der Waals surface area contributed by atoms with Gasteiger partial charge < -0.3 is 15.4 Å². The largest absolute Gasteiger partial charge is 0.460 e. The highest BCUT2D eigenvalue weighted by molar-refractivity contribution is 5.90. The Morgan fingerprint density at radius 2 is 1.81 bits per heavy atom. The number of esters is 1. The average Bonchev–Trinajstić information content (AvgIpc) is 2.72. The van der Waals surface area contributed by atoms with E-state index in [1.54, 1.807) is 60.9 Å². The quantitative estimate of drug-likeness (QED) is 0.493. The van der Waals surface area contributed by atoms with Crippen LogP contribution in [0.25, 0.3) is 0 Å². The van der Waals surface area contributed by atoms with Crippen molar-refractivity contribution in [3.63, 3.8) is 0 Å². The molecule has 134 valence electrons. The zero-order valence-electron chi connectivity index (χ0n) is 14.4. The molecule has 0 fully saturated rings. The molecule has 3 rings (SSSR count). The van der Waals surface area contributed by atoms with Crippen molar-refractivity contribution in [2.45, 2.75) is 0 Å². The van der Waals surface area contributed by atoms with Crippen molar-refractivity contribution in [1.82, 2.24) is 9.97 Å². The lowest BCUT2D eigenvalue weighted by Gasteiger charge is -2.09. The lowest BCUT2D eigenvalue weighted by Crippen LogP contribution is -2.15. The van der Waals surface area contributed by atoms with Crippen LogP contribution in [0.2, 0.25) is 0 Å². The molecule has 2 N–H and O–H groups in total. The fourth-order valence-corrected chi connectivity index (χ4v) is 2.30. The Hall–Kier alpha value is -3.92. The van der Waals surface area contributed by atoms with Crippen LogP contribution in [0.15, 0.2) is 67.0 Å². The molecule has 0 aliphatic carbocycles. The van der Waals surface area contributed by atoms with Crippen LogP contribution in [-0.2, 0) is 4.74 Å². The summed E-state index contributed by atoms with van der Waals surface area (Å²) in [5.41, 5.74) is 2.62. The number of nitrogens with zero attached hydrogens (tertiary/aromatic N) is 3. The Bertz CT molecular complexity index is 937. The summed E-state index contributed by atoms with van der Waals surface area (Å²) in [6.07, 6.45) is 3.27. The monoisotopic (exact) mass is 359 g/mol. The van der Waals surface area contributed by atoms with Gasteiger partial charge in [-0.2, -0.15) is 5.26 Å². The molecule has 0 amide bonds. The smallest absolute Gasteiger partial charge is 0.338 e.